The molecule has 0 bridgehead atoms. The van der Waals surface area contributed by atoms with Crippen molar-refractivity contribution >= 4 is 17.0 Å². The van der Waals surface area contributed by atoms with E-state index in [0.29, 0.717) is 5.56 Å². The summed E-state index contributed by atoms with van der Waals surface area (Å²) < 4.78 is 0. The molecule has 1 heterocycles. The van der Waals surface area contributed by atoms with E-state index >= 15 is 0 Å². The van der Waals surface area contributed by atoms with Gasteiger partial charge in [0.05, 0.1) is 11.6 Å². The number of hydrogen-bond donors (Lipinski definition) is 1. The number of rotatable bonds is 3. The quantitative estimate of drug-likeness (QED) is 0.872. The van der Waals surface area contributed by atoms with Gasteiger partial charge in [0, 0.05) is 17.6 Å². The maximum atomic E-state index is 8.79. The molecule has 0 saturated carbocycles. The summed E-state index contributed by atoms with van der Waals surface area (Å²) in [6.07, 6.45) is 0. The largest absolute Gasteiger partial charge is 0.380 e. The molecule has 80 valence electrons. The molecule has 0 fully saturated rings. The second-order valence-corrected chi connectivity index (χ2v) is 4.38. The van der Waals surface area contributed by atoms with E-state index in [1.165, 1.54) is 11.3 Å². The molecule has 0 amide bonds. The van der Waals surface area contributed by atoms with Gasteiger partial charge in [0.15, 0.2) is 0 Å². The third-order valence-corrected chi connectivity index (χ3v) is 3.26. The molecule has 0 atom stereocenters. The van der Waals surface area contributed by atoms with Crippen LogP contribution in [0.15, 0.2) is 35.0 Å². The Kier molecular flexibility index (Phi) is 3.23. The van der Waals surface area contributed by atoms with E-state index in [1.54, 1.807) is 11.3 Å². The lowest BCUT2D eigenvalue weighted by atomic mass is 10.1. The lowest BCUT2D eigenvalue weighted by Gasteiger charge is -2.05. The van der Waals surface area contributed by atoms with E-state index in [0.717, 1.165) is 12.1 Å². The number of thiophene rings is 1. The molecule has 1 aromatic heterocycles. The molecule has 0 aliphatic carbocycles. The van der Waals surface area contributed by atoms with Gasteiger partial charge in [-0.3, -0.25) is 0 Å². The van der Waals surface area contributed by atoms with Gasteiger partial charge in [-0.2, -0.15) is 5.26 Å². The highest BCUT2D eigenvalue weighted by Gasteiger charge is 1.99. The Morgan fingerprint density at radius 3 is 2.94 bits per heavy atom. The van der Waals surface area contributed by atoms with Gasteiger partial charge in [-0.05, 0) is 35.6 Å². The van der Waals surface area contributed by atoms with Gasteiger partial charge in [0.2, 0.25) is 0 Å². The number of nitriles is 1. The predicted molar refractivity (Wildman–Crippen MR) is 67.5 cm³/mol. The minimum atomic E-state index is 0.710. The summed E-state index contributed by atoms with van der Waals surface area (Å²) in [5.74, 6) is 0. The van der Waals surface area contributed by atoms with Crippen molar-refractivity contribution in [2.24, 2.45) is 0 Å². The minimum Gasteiger partial charge on any atom is -0.380 e. The summed E-state index contributed by atoms with van der Waals surface area (Å²) >= 11 is 1.69. The third-order valence-electron chi connectivity index (χ3n) is 2.39. The number of nitrogens with zero attached hydrogens (tertiary/aromatic N) is 1. The Bertz CT molecular complexity index is 523. The predicted octanol–water partition coefficient (Wildman–Crippen LogP) is 3.54. The zero-order chi connectivity index (χ0) is 11.4. The molecule has 3 heteroatoms. The van der Waals surface area contributed by atoms with E-state index in [-0.39, 0.29) is 0 Å². The topological polar surface area (TPSA) is 35.8 Å². The number of aryl methyl sites for hydroxylation is 1. The first-order chi connectivity index (χ1) is 7.79. The Morgan fingerprint density at radius 2 is 2.25 bits per heavy atom. The Labute approximate surface area is 99.2 Å². The average molecular weight is 228 g/mol. The van der Waals surface area contributed by atoms with Crippen molar-refractivity contribution in [3.05, 3.63) is 51.7 Å². The molecule has 1 N–H and O–H groups in total. The van der Waals surface area contributed by atoms with E-state index < -0.39 is 0 Å². The van der Waals surface area contributed by atoms with Crippen molar-refractivity contribution in [2.45, 2.75) is 13.5 Å². The summed E-state index contributed by atoms with van der Waals surface area (Å²) in [6, 6.07) is 9.81. The van der Waals surface area contributed by atoms with Crippen molar-refractivity contribution in [3.63, 3.8) is 0 Å². The molecule has 0 unspecified atom stereocenters. The van der Waals surface area contributed by atoms with Crippen molar-refractivity contribution in [1.29, 1.82) is 5.26 Å². The van der Waals surface area contributed by atoms with Crippen LogP contribution >= 0.6 is 11.3 Å². The fourth-order valence-electron chi connectivity index (χ4n) is 1.49. The molecule has 0 aliphatic rings. The van der Waals surface area contributed by atoms with E-state index in [9.17, 15) is 0 Å². The first-order valence-corrected chi connectivity index (χ1v) is 5.99. The summed E-state index contributed by atoms with van der Waals surface area (Å²) in [4.78, 5) is 0. The molecule has 16 heavy (non-hydrogen) atoms. The van der Waals surface area contributed by atoms with Gasteiger partial charge in [-0.1, -0.05) is 12.1 Å². The molecular weight excluding hydrogens is 216 g/mol. The van der Waals surface area contributed by atoms with Crippen molar-refractivity contribution < 1.29 is 0 Å². The highest BCUT2D eigenvalue weighted by Crippen LogP contribution is 2.20. The van der Waals surface area contributed by atoms with Crippen molar-refractivity contribution in [3.8, 4) is 6.07 Å². The van der Waals surface area contributed by atoms with Gasteiger partial charge in [-0.15, -0.1) is 11.3 Å². The standard InChI is InChI=1S/C13H12N2S/c1-10-8-16-9-13(10)15-7-12-4-2-3-11(5-12)6-14/h2-5,8-9,15H,7H2,1H3. The average Bonchev–Trinajstić information content (AvgIpc) is 2.72. The normalized spacial score (nSPS) is 9.75. The zero-order valence-electron chi connectivity index (χ0n) is 9.03. The monoisotopic (exact) mass is 228 g/mol. The van der Waals surface area contributed by atoms with Gasteiger partial charge in [-0.25, -0.2) is 0 Å². The van der Waals surface area contributed by atoms with Crippen LogP contribution in [0.25, 0.3) is 0 Å². The second kappa shape index (κ2) is 4.82. The highest BCUT2D eigenvalue weighted by atomic mass is 32.1. The van der Waals surface area contributed by atoms with Crippen molar-refractivity contribution in [1.82, 2.24) is 0 Å². The number of nitrogens with one attached hydrogen (secondary N) is 1. The molecule has 0 spiro atoms. The van der Waals surface area contributed by atoms with Crippen LogP contribution in [0.1, 0.15) is 16.7 Å². The molecule has 0 radical (unpaired) electrons. The number of anilines is 1. The molecule has 2 nitrogen and oxygen atoms in total. The van der Waals surface area contributed by atoms with E-state index in [2.05, 4.69) is 29.1 Å². The molecule has 0 aliphatic heterocycles. The van der Waals surface area contributed by atoms with Crippen LogP contribution in [0.2, 0.25) is 0 Å². The van der Waals surface area contributed by atoms with Crippen LogP contribution in [0.4, 0.5) is 5.69 Å². The summed E-state index contributed by atoms with van der Waals surface area (Å²) in [7, 11) is 0. The fourth-order valence-corrected chi connectivity index (χ4v) is 2.29. The van der Waals surface area contributed by atoms with Crippen LogP contribution in [-0.4, -0.2) is 0 Å². The summed E-state index contributed by atoms with van der Waals surface area (Å²) in [5.41, 5.74) is 4.28. The Morgan fingerprint density at radius 1 is 1.38 bits per heavy atom. The van der Waals surface area contributed by atoms with Gasteiger partial charge < -0.3 is 5.32 Å². The highest BCUT2D eigenvalue weighted by molar-refractivity contribution is 7.08. The molecule has 0 saturated heterocycles. The lowest BCUT2D eigenvalue weighted by Crippen LogP contribution is -1.99. The maximum Gasteiger partial charge on any atom is 0.0991 e. The number of hydrogen-bond acceptors (Lipinski definition) is 3. The molecular formula is C13H12N2S. The third kappa shape index (κ3) is 2.41. The van der Waals surface area contributed by atoms with Gasteiger partial charge >= 0.3 is 0 Å². The summed E-state index contributed by atoms with van der Waals surface area (Å²) in [5, 5.41) is 16.4. The molecule has 2 aromatic rings. The van der Waals surface area contributed by atoms with Crippen molar-refractivity contribution in [2.75, 3.05) is 5.32 Å². The van der Waals surface area contributed by atoms with Crippen LogP contribution in [0.3, 0.4) is 0 Å². The van der Waals surface area contributed by atoms with Gasteiger partial charge in [0.25, 0.3) is 0 Å². The second-order valence-electron chi connectivity index (χ2n) is 3.63. The maximum absolute atomic E-state index is 8.79. The first kappa shape index (κ1) is 10.7. The van der Waals surface area contributed by atoms with Crippen LogP contribution in [0.5, 0.6) is 0 Å². The van der Waals surface area contributed by atoms with Crippen LogP contribution in [-0.2, 0) is 6.54 Å². The van der Waals surface area contributed by atoms with Crippen LogP contribution < -0.4 is 5.32 Å². The van der Waals surface area contributed by atoms with E-state index in [4.69, 9.17) is 5.26 Å². The number of benzene rings is 1. The fraction of sp³-hybridized carbons (Fsp3) is 0.154. The Balaban J connectivity index is 2.05. The smallest absolute Gasteiger partial charge is 0.0991 e. The van der Waals surface area contributed by atoms with Crippen LogP contribution in [0, 0.1) is 18.3 Å². The molecule has 1 aromatic carbocycles. The summed E-state index contributed by atoms with van der Waals surface area (Å²) in [6.45, 7) is 2.84. The Hall–Kier alpha value is -1.79. The minimum absolute atomic E-state index is 0.710. The zero-order valence-corrected chi connectivity index (χ0v) is 9.84. The van der Waals surface area contributed by atoms with Gasteiger partial charge in [0.1, 0.15) is 0 Å². The van der Waals surface area contributed by atoms with E-state index in [1.807, 2.05) is 24.3 Å². The SMILES string of the molecule is Cc1cscc1NCc1cccc(C#N)c1. The first-order valence-electron chi connectivity index (χ1n) is 5.05. The lowest BCUT2D eigenvalue weighted by molar-refractivity contribution is 1.14. The molecule has 2 rings (SSSR count).